The third-order valence-corrected chi connectivity index (χ3v) is 2.32. The van der Waals surface area contributed by atoms with E-state index in [-0.39, 0.29) is 11.3 Å². The standard InChI is InChI=1S/C12H10FN3O2/c13-10-2-1-8(12(17)18)5-11(10)15-6-9-3-4-14-7-16-9/h1-5,7,15H,6H2,(H,17,18). The molecule has 0 amide bonds. The van der Waals surface area contributed by atoms with Gasteiger partial charge in [0, 0.05) is 6.20 Å². The molecule has 0 aliphatic carbocycles. The molecule has 0 aliphatic rings. The molecule has 18 heavy (non-hydrogen) atoms. The van der Waals surface area contributed by atoms with Crippen LogP contribution in [0, 0.1) is 5.82 Å². The molecule has 6 heteroatoms. The van der Waals surface area contributed by atoms with Crippen molar-refractivity contribution in [2.24, 2.45) is 0 Å². The minimum Gasteiger partial charge on any atom is -0.478 e. The summed E-state index contributed by atoms with van der Waals surface area (Å²) in [6, 6.07) is 5.27. The Bertz CT molecular complexity index is 561. The Labute approximate surface area is 102 Å². The van der Waals surface area contributed by atoms with Crippen LogP contribution in [0.25, 0.3) is 0 Å². The van der Waals surface area contributed by atoms with E-state index < -0.39 is 11.8 Å². The van der Waals surface area contributed by atoms with E-state index in [0.717, 1.165) is 6.07 Å². The Kier molecular flexibility index (Phi) is 3.47. The monoisotopic (exact) mass is 247 g/mol. The van der Waals surface area contributed by atoms with Crippen LogP contribution in [0.1, 0.15) is 16.1 Å². The Morgan fingerprint density at radius 3 is 2.89 bits per heavy atom. The van der Waals surface area contributed by atoms with Crippen LogP contribution < -0.4 is 5.32 Å². The maximum absolute atomic E-state index is 13.4. The maximum Gasteiger partial charge on any atom is 0.335 e. The Hall–Kier alpha value is -2.50. The summed E-state index contributed by atoms with van der Waals surface area (Å²) >= 11 is 0. The lowest BCUT2D eigenvalue weighted by molar-refractivity contribution is 0.0697. The number of hydrogen-bond donors (Lipinski definition) is 2. The predicted octanol–water partition coefficient (Wildman–Crippen LogP) is 1.93. The van der Waals surface area contributed by atoms with E-state index in [0.29, 0.717) is 12.2 Å². The fourth-order valence-corrected chi connectivity index (χ4v) is 1.40. The zero-order valence-electron chi connectivity index (χ0n) is 9.30. The van der Waals surface area contributed by atoms with E-state index in [1.807, 2.05) is 0 Å². The number of rotatable bonds is 4. The van der Waals surface area contributed by atoms with Gasteiger partial charge in [0.2, 0.25) is 0 Å². The quantitative estimate of drug-likeness (QED) is 0.863. The molecular weight excluding hydrogens is 237 g/mol. The number of anilines is 1. The number of nitrogens with one attached hydrogen (secondary N) is 1. The number of carbonyl (C=O) groups is 1. The van der Waals surface area contributed by atoms with E-state index in [4.69, 9.17) is 5.11 Å². The fourth-order valence-electron chi connectivity index (χ4n) is 1.40. The number of nitrogens with zero attached hydrogens (tertiary/aromatic N) is 2. The van der Waals surface area contributed by atoms with Crippen molar-refractivity contribution < 1.29 is 14.3 Å². The van der Waals surface area contributed by atoms with Gasteiger partial charge in [-0.05, 0) is 24.3 Å². The highest BCUT2D eigenvalue weighted by atomic mass is 19.1. The highest BCUT2D eigenvalue weighted by Crippen LogP contribution is 2.16. The number of hydrogen-bond acceptors (Lipinski definition) is 4. The molecule has 2 aromatic rings. The second kappa shape index (κ2) is 5.22. The van der Waals surface area contributed by atoms with Gasteiger partial charge in [-0.25, -0.2) is 19.2 Å². The van der Waals surface area contributed by atoms with E-state index in [1.54, 1.807) is 12.3 Å². The van der Waals surface area contributed by atoms with Gasteiger partial charge in [-0.2, -0.15) is 0 Å². The van der Waals surface area contributed by atoms with Gasteiger partial charge >= 0.3 is 5.97 Å². The SMILES string of the molecule is O=C(O)c1ccc(F)c(NCc2ccncn2)c1. The Morgan fingerprint density at radius 2 is 2.22 bits per heavy atom. The van der Waals surface area contributed by atoms with Gasteiger partial charge in [0.05, 0.1) is 23.5 Å². The zero-order valence-corrected chi connectivity index (χ0v) is 9.30. The number of aromatic nitrogens is 2. The van der Waals surface area contributed by atoms with Gasteiger partial charge in [-0.1, -0.05) is 0 Å². The molecule has 0 saturated carbocycles. The lowest BCUT2D eigenvalue weighted by atomic mass is 10.2. The van der Waals surface area contributed by atoms with Crippen molar-refractivity contribution in [1.82, 2.24) is 9.97 Å². The number of carboxylic acids is 1. The van der Waals surface area contributed by atoms with Crippen molar-refractivity contribution in [2.75, 3.05) is 5.32 Å². The lowest BCUT2D eigenvalue weighted by Gasteiger charge is -2.07. The second-order valence-corrected chi connectivity index (χ2v) is 3.55. The first-order valence-corrected chi connectivity index (χ1v) is 5.18. The zero-order chi connectivity index (χ0) is 13.0. The Balaban J connectivity index is 2.14. The van der Waals surface area contributed by atoms with Gasteiger partial charge in [0.25, 0.3) is 0 Å². The summed E-state index contributed by atoms with van der Waals surface area (Å²) in [4.78, 5) is 18.5. The first-order valence-electron chi connectivity index (χ1n) is 5.18. The van der Waals surface area contributed by atoms with Crippen LogP contribution in [0.15, 0.2) is 36.8 Å². The number of aromatic carboxylic acids is 1. The second-order valence-electron chi connectivity index (χ2n) is 3.55. The molecular formula is C12H10FN3O2. The first kappa shape index (κ1) is 12.0. The minimum atomic E-state index is -1.10. The average Bonchev–Trinajstić information content (AvgIpc) is 2.38. The van der Waals surface area contributed by atoms with Crippen molar-refractivity contribution in [1.29, 1.82) is 0 Å². The summed E-state index contributed by atoms with van der Waals surface area (Å²) < 4.78 is 13.4. The molecule has 0 saturated heterocycles. The highest BCUT2D eigenvalue weighted by molar-refractivity contribution is 5.88. The van der Waals surface area contributed by atoms with Crippen LogP contribution in [-0.2, 0) is 6.54 Å². The molecule has 0 fully saturated rings. The summed E-state index contributed by atoms with van der Waals surface area (Å²) in [7, 11) is 0. The van der Waals surface area contributed by atoms with Gasteiger partial charge in [0.1, 0.15) is 12.1 Å². The van der Waals surface area contributed by atoms with E-state index >= 15 is 0 Å². The molecule has 0 radical (unpaired) electrons. The van der Waals surface area contributed by atoms with E-state index in [2.05, 4.69) is 15.3 Å². The predicted molar refractivity (Wildman–Crippen MR) is 62.7 cm³/mol. The van der Waals surface area contributed by atoms with Crippen LogP contribution in [0.4, 0.5) is 10.1 Å². The molecule has 1 aromatic heterocycles. The van der Waals surface area contributed by atoms with Crippen molar-refractivity contribution in [3.63, 3.8) is 0 Å². The smallest absolute Gasteiger partial charge is 0.335 e. The summed E-state index contributed by atoms with van der Waals surface area (Å²) in [6.45, 7) is 0.294. The summed E-state index contributed by atoms with van der Waals surface area (Å²) in [5, 5.41) is 11.6. The largest absolute Gasteiger partial charge is 0.478 e. The fraction of sp³-hybridized carbons (Fsp3) is 0.0833. The third kappa shape index (κ3) is 2.79. The van der Waals surface area contributed by atoms with Gasteiger partial charge in [-0.15, -0.1) is 0 Å². The molecule has 0 bridgehead atoms. The van der Waals surface area contributed by atoms with Crippen molar-refractivity contribution >= 4 is 11.7 Å². The molecule has 0 spiro atoms. The van der Waals surface area contributed by atoms with Crippen molar-refractivity contribution in [2.45, 2.75) is 6.54 Å². The average molecular weight is 247 g/mol. The van der Waals surface area contributed by atoms with Gasteiger partial charge in [0.15, 0.2) is 0 Å². The summed E-state index contributed by atoms with van der Waals surface area (Å²) in [5.74, 6) is -1.60. The molecule has 92 valence electrons. The van der Waals surface area contributed by atoms with Crippen LogP contribution in [0.2, 0.25) is 0 Å². The maximum atomic E-state index is 13.4. The van der Waals surface area contributed by atoms with E-state index in [9.17, 15) is 9.18 Å². The van der Waals surface area contributed by atoms with Crippen LogP contribution in [0.3, 0.4) is 0 Å². The molecule has 0 atom stereocenters. The van der Waals surface area contributed by atoms with Crippen molar-refractivity contribution in [3.05, 3.63) is 53.9 Å². The van der Waals surface area contributed by atoms with E-state index in [1.165, 1.54) is 18.5 Å². The molecule has 1 heterocycles. The van der Waals surface area contributed by atoms with Crippen LogP contribution in [-0.4, -0.2) is 21.0 Å². The Morgan fingerprint density at radius 1 is 1.39 bits per heavy atom. The molecule has 5 nitrogen and oxygen atoms in total. The number of carboxylic acid groups (broad SMARTS) is 1. The third-order valence-electron chi connectivity index (χ3n) is 2.32. The minimum absolute atomic E-state index is 0.0292. The molecule has 2 N–H and O–H groups in total. The number of benzene rings is 1. The molecule has 0 unspecified atom stereocenters. The highest BCUT2D eigenvalue weighted by Gasteiger charge is 2.08. The molecule has 2 rings (SSSR count). The lowest BCUT2D eigenvalue weighted by Crippen LogP contribution is -2.05. The van der Waals surface area contributed by atoms with Gasteiger partial charge in [-0.3, -0.25) is 0 Å². The topological polar surface area (TPSA) is 75.1 Å². The summed E-state index contributed by atoms with van der Waals surface area (Å²) in [6.07, 6.45) is 2.97. The van der Waals surface area contributed by atoms with Gasteiger partial charge < -0.3 is 10.4 Å². The van der Waals surface area contributed by atoms with Crippen molar-refractivity contribution in [3.8, 4) is 0 Å². The molecule has 0 aliphatic heterocycles. The summed E-state index contributed by atoms with van der Waals surface area (Å²) in [5.41, 5.74) is 0.847. The molecule has 1 aromatic carbocycles. The normalized spacial score (nSPS) is 10.1. The first-order chi connectivity index (χ1) is 8.66. The van der Waals surface area contributed by atoms with Crippen LogP contribution in [0.5, 0.6) is 0 Å². The number of halogens is 1. The van der Waals surface area contributed by atoms with Crippen LogP contribution >= 0.6 is 0 Å².